The molecule has 1 saturated heterocycles. The summed E-state index contributed by atoms with van der Waals surface area (Å²) in [5.41, 5.74) is 2.13. The van der Waals surface area contributed by atoms with Crippen LogP contribution in [0.25, 0.3) is 0 Å². The van der Waals surface area contributed by atoms with Crippen molar-refractivity contribution in [3.8, 4) is 0 Å². The number of carbonyl (C=O) groups is 3. The number of imide groups is 1. The van der Waals surface area contributed by atoms with E-state index in [2.05, 4.69) is 5.32 Å². The zero-order chi connectivity index (χ0) is 21.9. The Morgan fingerprint density at radius 2 is 1.73 bits per heavy atom. The number of rotatable bonds is 7. The lowest BCUT2D eigenvalue weighted by Crippen LogP contribution is -2.46. The summed E-state index contributed by atoms with van der Waals surface area (Å²) in [6.45, 7) is 6.35. The molecule has 0 radical (unpaired) electrons. The number of nitrogens with one attached hydrogen (secondary N) is 1. The Bertz CT molecular complexity index is 957. The van der Waals surface area contributed by atoms with Gasteiger partial charge in [0.25, 0.3) is 5.91 Å². The smallest absolute Gasteiger partial charge is 0.326 e. The minimum Gasteiger partial charge on any atom is -0.344 e. The van der Waals surface area contributed by atoms with Crippen LogP contribution in [0.1, 0.15) is 42.0 Å². The van der Waals surface area contributed by atoms with E-state index >= 15 is 0 Å². The molecule has 2 aromatic rings. The van der Waals surface area contributed by atoms with Crippen molar-refractivity contribution in [3.63, 3.8) is 0 Å². The zero-order valence-electron chi connectivity index (χ0n) is 18.1. The summed E-state index contributed by atoms with van der Waals surface area (Å²) in [6.07, 6.45) is 1.84. The molecule has 0 saturated carbocycles. The second-order valence-corrected chi connectivity index (χ2v) is 7.91. The zero-order valence-corrected chi connectivity index (χ0v) is 18.1. The maximum Gasteiger partial charge on any atom is 0.326 e. The molecule has 0 aromatic heterocycles. The molecule has 1 aliphatic rings. The minimum atomic E-state index is -1.35. The molecule has 2 aromatic carbocycles. The van der Waals surface area contributed by atoms with Gasteiger partial charge in [0, 0.05) is 13.6 Å². The van der Waals surface area contributed by atoms with Crippen LogP contribution in [0.4, 0.5) is 4.79 Å². The SMILES string of the molecule is CCCCN(C)C(=O)CN1C(=O)N[C@@](c2ccccc2)(c2ccc(C)c(C)c2)C1=O. The Morgan fingerprint density at radius 3 is 2.37 bits per heavy atom. The molecule has 158 valence electrons. The van der Waals surface area contributed by atoms with Gasteiger partial charge in [-0.3, -0.25) is 14.5 Å². The molecule has 1 N–H and O–H groups in total. The van der Waals surface area contributed by atoms with Gasteiger partial charge in [0.1, 0.15) is 6.54 Å². The molecule has 3 rings (SSSR count). The van der Waals surface area contributed by atoms with Gasteiger partial charge in [0.05, 0.1) is 0 Å². The molecule has 1 fully saturated rings. The molecule has 1 atom stereocenters. The van der Waals surface area contributed by atoms with Gasteiger partial charge >= 0.3 is 6.03 Å². The van der Waals surface area contributed by atoms with Crippen LogP contribution in [0.3, 0.4) is 0 Å². The predicted octanol–water partition coefficient (Wildman–Crippen LogP) is 3.36. The highest BCUT2D eigenvalue weighted by molar-refractivity contribution is 6.11. The average molecular weight is 408 g/mol. The molecule has 0 unspecified atom stereocenters. The highest BCUT2D eigenvalue weighted by atomic mass is 16.2. The predicted molar refractivity (Wildman–Crippen MR) is 116 cm³/mol. The van der Waals surface area contributed by atoms with Crippen molar-refractivity contribution in [1.29, 1.82) is 0 Å². The fourth-order valence-corrected chi connectivity index (χ4v) is 3.72. The van der Waals surface area contributed by atoms with Crippen molar-refractivity contribution in [2.24, 2.45) is 0 Å². The lowest BCUT2D eigenvalue weighted by atomic mass is 9.81. The van der Waals surface area contributed by atoms with E-state index < -0.39 is 17.5 Å². The number of carbonyl (C=O) groups excluding carboxylic acids is 3. The first kappa shape index (κ1) is 21.6. The standard InChI is InChI=1S/C24H29N3O3/c1-5-6-14-26(4)21(28)16-27-22(29)24(25-23(27)30,19-10-8-7-9-11-19)20-13-12-17(2)18(3)15-20/h7-13,15H,5-6,14,16H2,1-4H3,(H,25,30)/t24-/m0/s1. The maximum absolute atomic E-state index is 13.7. The van der Waals surface area contributed by atoms with Gasteiger partial charge < -0.3 is 10.2 Å². The Labute approximate surface area is 177 Å². The summed E-state index contributed by atoms with van der Waals surface area (Å²) in [4.78, 5) is 41.8. The molecule has 0 bridgehead atoms. The number of unbranched alkanes of at least 4 members (excludes halogenated alkanes) is 1. The third-order valence-electron chi connectivity index (χ3n) is 5.82. The van der Waals surface area contributed by atoms with Gasteiger partial charge in [0.2, 0.25) is 5.91 Å². The molecular formula is C24H29N3O3. The summed E-state index contributed by atoms with van der Waals surface area (Å²) < 4.78 is 0. The second-order valence-electron chi connectivity index (χ2n) is 7.91. The number of likely N-dealkylation sites (N-methyl/N-ethyl adjacent to an activating group) is 1. The monoisotopic (exact) mass is 407 g/mol. The molecular weight excluding hydrogens is 378 g/mol. The third kappa shape index (κ3) is 3.82. The number of benzene rings is 2. The molecule has 4 amide bonds. The van der Waals surface area contributed by atoms with Crippen molar-refractivity contribution in [1.82, 2.24) is 15.1 Å². The fourth-order valence-electron chi connectivity index (χ4n) is 3.72. The summed E-state index contributed by atoms with van der Waals surface area (Å²) in [7, 11) is 1.70. The molecule has 6 nitrogen and oxygen atoms in total. The average Bonchev–Trinajstić information content (AvgIpc) is 3.00. The van der Waals surface area contributed by atoms with E-state index in [0.717, 1.165) is 28.9 Å². The summed E-state index contributed by atoms with van der Waals surface area (Å²) >= 11 is 0. The topological polar surface area (TPSA) is 69.7 Å². The van der Waals surface area contributed by atoms with Gasteiger partial charge in [-0.05, 0) is 42.5 Å². The first-order valence-electron chi connectivity index (χ1n) is 10.3. The van der Waals surface area contributed by atoms with Gasteiger partial charge in [0.15, 0.2) is 5.54 Å². The summed E-state index contributed by atoms with van der Waals surface area (Å²) in [6, 6.07) is 14.4. The number of amides is 4. The summed E-state index contributed by atoms with van der Waals surface area (Å²) in [5, 5.41) is 2.90. The van der Waals surface area contributed by atoms with Crippen LogP contribution in [0.2, 0.25) is 0 Å². The van der Waals surface area contributed by atoms with E-state index in [1.807, 2.05) is 69.3 Å². The lowest BCUT2D eigenvalue weighted by molar-refractivity contribution is -0.137. The van der Waals surface area contributed by atoms with Crippen LogP contribution in [0.15, 0.2) is 48.5 Å². The van der Waals surface area contributed by atoms with E-state index in [4.69, 9.17) is 0 Å². The first-order chi connectivity index (χ1) is 14.3. The fraction of sp³-hybridized carbons (Fsp3) is 0.375. The van der Waals surface area contributed by atoms with Crippen molar-refractivity contribution in [2.75, 3.05) is 20.1 Å². The second kappa shape index (κ2) is 8.69. The van der Waals surface area contributed by atoms with E-state index in [-0.39, 0.29) is 12.5 Å². The van der Waals surface area contributed by atoms with Crippen LogP contribution in [0.5, 0.6) is 0 Å². The first-order valence-corrected chi connectivity index (χ1v) is 10.3. The van der Waals surface area contributed by atoms with Crippen LogP contribution < -0.4 is 5.32 Å². The number of hydrogen-bond donors (Lipinski definition) is 1. The Hall–Kier alpha value is -3.15. The molecule has 6 heteroatoms. The number of urea groups is 1. The van der Waals surface area contributed by atoms with E-state index in [1.54, 1.807) is 11.9 Å². The third-order valence-corrected chi connectivity index (χ3v) is 5.82. The molecule has 0 aliphatic carbocycles. The van der Waals surface area contributed by atoms with Crippen molar-refractivity contribution >= 4 is 17.8 Å². The van der Waals surface area contributed by atoms with Gasteiger partial charge in [-0.1, -0.05) is 61.9 Å². The van der Waals surface area contributed by atoms with Crippen LogP contribution in [0, 0.1) is 13.8 Å². The number of hydrogen-bond acceptors (Lipinski definition) is 3. The van der Waals surface area contributed by atoms with Crippen LogP contribution in [-0.2, 0) is 15.1 Å². The molecule has 1 aliphatic heterocycles. The van der Waals surface area contributed by atoms with Gasteiger partial charge in [-0.25, -0.2) is 4.79 Å². The molecule has 0 spiro atoms. The Morgan fingerprint density at radius 1 is 1.03 bits per heavy atom. The maximum atomic E-state index is 13.7. The van der Waals surface area contributed by atoms with Crippen LogP contribution >= 0.6 is 0 Å². The molecule has 1 heterocycles. The number of aryl methyl sites for hydroxylation is 2. The largest absolute Gasteiger partial charge is 0.344 e. The van der Waals surface area contributed by atoms with Crippen molar-refractivity contribution in [3.05, 3.63) is 70.8 Å². The Balaban J connectivity index is 2.00. The molecule has 30 heavy (non-hydrogen) atoms. The minimum absolute atomic E-state index is 0.254. The van der Waals surface area contributed by atoms with E-state index in [0.29, 0.717) is 17.7 Å². The highest BCUT2D eigenvalue weighted by Gasteiger charge is 2.54. The van der Waals surface area contributed by atoms with Crippen molar-refractivity contribution < 1.29 is 14.4 Å². The van der Waals surface area contributed by atoms with Gasteiger partial charge in [-0.2, -0.15) is 0 Å². The quantitative estimate of drug-likeness (QED) is 0.716. The van der Waals surface area contributed by atoms with Crippen LogP contribution in [-0.4, -0.2) is 47.8 Å². The Kier molecular flexibility index (Phi) is 6.25. The normalized spacial score (nSPS) is 18.5. The highest BCUT2D eigenvalue weighted by Crippen LogP contribution is 2.36. The van der Waals surface area contributed by atoms with Crippen molar-refractivity contribution in [2.45, 2.75) is 39.2 Å². The van der Waals surface area contributed by atoms with E-state index in [1.165, 1.54) is 0 Å². The lowest BCUT2D eigenvalue weighted by Gasteiger charge is -2.29. The van der Waals surface area contributed by atoms with E-state index in [9.17, 15) is 14.4 Å². The summed E-state index contributed by atoms with van der Waals surface area (Å²) in [5.74, 6) is -0.685. The number of nitrogens with zero attached hydrogens (tertiary/aromatic N) is 2. The van der Waals surface area contributed by atoms with Gasteiger partial charge in [-0.15, -0.1) is 0 Å².